The first-order valence-corrected chi connectivity index (χ1v) is 9.13. The van der Waals surface area contributed by atoms with Gasteiger partial charge in [0, 0.05) is 22.2 Å². The molecule has 0 saturated heterocycles. The van der Waals surface area contributed by atoms with E-state index in [9.17, 15) is 4.79 Å². The summed E-state index contributed by atoms with van der Waals surface area (Å²) in [6.07, 6.45) is 3.00. The van der Waals surface area contributed by atoms with Gasteiger partial charge < -0.3 is 9.47 Å². The van der Waals surface area contributed by atoms with E-state index < -0.39 is 5.97 Å². The van der Waals surface area contributed by atoms with Crippen LogP contribution in [0.25, 0.3) is 6.08 Å². The van der Waals surface area contributed by atoms with Crippen LogP contribution in [0.4, 0.5) is 0 Å². The number of nitrogens with zero attached hydrogens (tertiary/aromatic N) is 2. The Morgan fingerprint density at radius 1 is 1.27 bits per heavy atom. The zero-order chi connectivity index (χ0) is 19.3. The molecule has 1 unspecified atom stereocenters. The number of ether oxygens (including phenoxy) is 2. The van der Waals surface area contributed by atoms with Crippen LogP contribution in [-0.4, -0.2) is 28.5 Å². The lowest BCUT2D eigenvalue weighted by molar-refractivity contribution is -0.137. The molecule has 26 heavy (non-hydrogen) atoms. The summed E-state index contributed by atoms with van der Waals surface area (Å²) in [6.45, 7) is 7.89. The normalized spacial score (nSPS) is 12.6. The Morgan fingerprint density at radius 3 is 2.62 bits per heavy atom. The van der Waals surface area contributed by atoms with Gasteiger partial charge in [-0.05, 0) is 51.5 Å². The molecule has 0 aliphatic heterocycles. The number of esters is 1. The van der Waals surface area contributed by atoms with Crippen molar-refractivity contribution in [2.75, 3.05) is 6.61 Å². The second-order valence-corrected chi connectivity index (χ2v) is 6.79. The van der Waals surface area contributed by atoms with Crippen LogP contribution in [0.3, 0.4) is 0 Å². The largest absolute Gasteiger partial charge is 0.474 e. The van der Waals surface area contributed by atoms with Gasteiger partial charge in [0.05, 0.1) is 24.4 Å². The van der Waals surface area contributed by atoms with Gasteiger partial charge in [0.25, 0.3) is 0 Å². The number of hydrogen-bond acceptors (Lipinski definition) is 4. The summed E-state index contributed by atoms with van der Waals surface area (Å²) < 4.78 is 12.4. The van der Waals surface area contributed by atoms with Gasteiger partial charge in [-0.3, -0.25) is 4.68 Å². The smallest absolute Gasteiger partial charge is 0.330 e. The van der Waals surface area contributed by atoms with Crippen LogP contribution in [0.1, 0.15) is 45.0 Å². The number of hydrogen-bond donors (Lipinski definition) is 0. The fourth-order valence-corrected chi connectivity index (χ4v) is 3.00. The maximum atomic E-state index is 11.6. The Labute approximate surface area is 163 Å². The molecule has 0 spiro atoms. The summed E-state index contributed by atoms with van der Waals surface area (Å²) in [5.74, 6) is 0.0594. The van der Waals surface area contributed by atoms with Gasteiger partial charge in [0.2, 0.25) is 5.88 Å². The lowest BCUT2D eigenvalue weighted by atomic mass is 10.1. The monoisotopic (exact) mass is 396 g/mol. The molecule has 0 aliphatic rings. The molecule has 5 nitrogen and oxygen atoms in total. The zero-order valence-corrected chi connectivity index (χ0v) is 16.7. The number of carbonyl (C=O) groups excluding carboxylic acids is 1. The minimum absolute atomic E-state index is 0.0188. The fourth-order valence-electron chi connectivity index (χ4n) is 2.44. The van der Waals surface area contributed by atoms with E-state index in [0.717, 1.165) is 5.56 Å². The molecule has 0 N–H and O–H groups in total. The standard InChI is InChI=1S/C19H22Cl2N2O3/c1-5-25-19(24)9-7-15-11-18(26-12(2)3)22-23(15)13(4)16-8-6-14(20)10-17(16)21/h6-13H,5H2,1-4H3/b9-7+. The maximum Gasteiger partial charge on any atom is 0.330 e. The molecule has 0 radical (unpaired) electrons. The lowest BCUT2D eigenvalue weighted by Gasteiger charge is -2.16. The maximum absolute atomic E-state index is 11.6. The van der Waals surface area contributed by atoms with Crippen LogP contribution in [-0.2, 0) is 9.53 Å². The van der Waals surface area contributed by atoms with Crippen molar-refractivity contribution in [3.8, 4) is 5.88 Å². The highest BCUT2D eigenvalue weighted by atomic mass is 35.5. The number of benzene rings is 1. The third kappa shape index (κ3) is 5.26. The van der Waals surface area contributed by atoms with Gasteiger partial charge in [-0.25, -0.2) is 4.79 Å². The summed E-state index contributed by atoms with van der Waals surface area (Å²) in [4.78, 5) is 11.6. The topological polar surface area (TPSA) is 53.4 Å². The Bertz CT molecular complexity index is 800. The molecule has 140 valence electrons. The zero-order valence-electron chi connectivity index (χ0n) is 15.2. The van der Waals surface area contributed by atoms with Gasteiger partial charge in [-0.2, -0.15) is 0 Å². The molecule has 1 aromatic carbocycles. The average molecular weight is 397 g/mol. The van der Waals surface area contributed by atoms with Crippen molar-refractivity contribution in [1.29, 1.82) is 0 Å². The predicted octanol–water partition coefficient (Wildman–Crippen LogP) is 5.16. The van der Waals surface area contributed by atoms with E-state index in [-0.39, 0.29) is 12.1 Å². The molecule has 0 fully saturated rings. The predicted molar refractivity (Wildman–Crippen MR) is 104 cm³/mol. The lowest BCUT2D eigenvalue weighted by Crippen LogP contribution is -2.12. The van der Waals surface area contributed by atoms with E-state index >= 15 is 0 Å². The Morgan fingerprint density at radius 2 is 2.00 bits per heavy atom. The minimum Gasteiger partial charge on any atom is -0.474 e. The van der Waals surface area contributed by atoms with Crippen LogP contribution < -0.4 is 4.74 Å². The molecule has 0 aliphatic carbocycles. The Hall–Kier alpha value is -1.98. The first-order chi connectivity index (χ1) is 12.3. The molecule has 0 saturated carbocycles. The molecule has 2 aromatic rings. The van der Waals surface area contributed by atoms with E-state index in [0.29, 0.717) is 28.2 Å². The highest BCUT2D eigenvalue weighted by Crippen LogP contribution is 2.30. The number of aromatic nitrogens is 2. The van der Waals surface area contributed by atoms with Crippen LogP contribution >= 0.6 is 23.2 Å². The summed E-state index contributed by atoms with van der Waals surface area (Å²) in [5.41, 5.74) is 1.56. The summed E-state index contributed by atoms with van der Waals surface area (Å²) in [6, 6.07) is 6.92. The highest BCUT2D eigenvalue weighted by molar-refractivity contribution is 6.35. The van der Waals surface area contributed by atoms with Gasteiger partial charge in [0.1, 0.15) is 0 Å². The van der Waals surface area contributed by atoms with E-state index in [1.165, 1.54) is 6.08 Å². The van der Waals surface area contributed by atoms with Crippen molar-refractivity contribution in [3.05, 3.63) is 51.6 Å². The summed E-state index contributed by atoms with van der Waals surface area (Å²) >= 11 is 12.3. The van der Waals surface area contributed by atoms with Crippen LogP contribution in [0.15, 0.2) is 30.3 Å². The summed E-state index contributed by atoms with van der Waals surface area (Å²) in [7, 11) is 0. The molecular weight excluding hydrogens is 375 g/mol. The van der Waals surface area contributed by atoms with E-state index in [1.807, 2.05) is 26.8 Å². The molecule has 1 heterocycles. The molecule has 1 atom stereocenters. The Balaban J connectivity index is 2.40. The van der Waals surface area contributed by atoms with Gasteiger partial charge >= 0.3 is 5.97 Å². The second kappa shape index (κ2) is 9.10. The van der Waals surface area contributed by atoms with Crippen molar-refractivity contribution in [2.45, 2.75) is 39.8 Å². The first-order valence-electron chi connectivity index (χ1n) is 8.37. The number of carbonyl (C=O) groups is 1. The fraction of sp³-hybridized carbons (Fsp3) is 0.368. The number of halogens is 2. The molecule has 0 bridgehead atoms. The van der Waals surface area contributed by atoms with Crippen molar-refractivity contribution in [1.82, 2.24) is 9.78 Å². The Kier molecular flexibility index (Phi) is 7.12. The SMILES string of the molecule is CCOC(=O)/C=C/c1cc(OC(C)C)nn1C(C)c1ccc(Cl)cc1Cl. The molecular formula is C19H22Cl2N2O3. The third-order valence-electron chi connectivity index (χ3n) is 3.55. The van der Waals surface area contributed by atoms with Crippen molar-refractivity contribution < 1.29 is 14.3 Å². The molecule has 2 rings (SSSR count). The quantitative estimate of drug-likeness (QED) is 0.478. The van der Waals surface area contributed by atoms with Crippen molar-refractivity contribution in [2.24, 2.45) is 0 Å². The molecule has 1 aromatic heterocycles. The van der Waals surface area contributed by atoms with E-state index in [1.54, 1.807) is 35.9 Å². The van der Waals surface area contributed by atoms with E-state index in [4.69, 9.17) is 32.7 Å². The van der Waals surface area contributed by atoms with Crippen molar-refractivity contribution in [3.63, 3.8) is 0 Å². The van der Waals surface area contributed by atoms with Gasteiger partial charge in [-0.1, -0.05) is 29.3 Å². The van der Waals surface area contributed by atoms with E-state index in [2.05, 4.69) is 5.10 Å². The molecule has 7 heteroatoms. The second-order valence-electron chi connectivity index (χ2n) is 5.95. The van der Waals surface area contributed by atoms with Crippen LogP contribution in [0.2, 0.25) is 10.0 Å². The van der Waals surface area contributed by atoms with Crippen LogP contribution in [0, 0.1) is 0 Å². The van der Waals surface area contributed by atoms with Gasteiger partial charge in [-0.15, -0.1) is 5.10 Å². The van der Waals surface area contributed by atoms with Crippen molar-refractivity contribution >= 4 is 35.2 Å². The number of rotatable bonds is 7. The summed E-state index contributed by atoms with van der Waals surface area (Å²) in [5, 5.41) is 5.63. The highest BCUT2D eigenvalue weighted by Gasteiger charge is 2.18. The average Bonchev–Trinajstić information content (AvgIpc) is 2.94. The van der Waals surface area contributed by atoms with Gasteiger partial charge in [0.15, 0.2) is 0 Å². The molecule has 0 amide bonds. The first kappa shape index (κ1) is 20.3. The minimum atomic E-state index is -0.413. The van der Waals surface area contributed by atoms with Crippen LogP contribution in [0.5, 0.6) is 5.88 Å². The third-order valence-corrected chi connectivity index (χ3v) is 4.12.